The van der Waals surface area contributed by atoms with Gasteiger partial charge in [-0.15, -0.1) is 0 Å². The Morgan fingerprint density at radius 2 is 1.85 bits per heavy atom. The topological polar surface area (TPSA) is 98.7 Å². The Kier molecular flexibility index (Phi) is 6.78. The predicted octanol–water partition coefficient (Wildman–Crippen LogP) is 1.48. The molecule has 0 aliphatic heterocycles. The summed E-state index contributed by atoms with van der Waals surface area (Å²) in [5, 5.41) is 23.6. The largest absolute Gasteiger partial charge is 0.481 e. The van der Waals surface area contributed by atoms with E-state index in [0.29, 0.717) is 12.5 Å². The fraction of sp³-hybridized carbons (Fsp3) is 0.857. The average molecular weight is 286 g/mol. The van der Waals surface area contributed by atoms with E-state index in [2.05, 4.69) is 10.6 Å². The Morgan fingerprint density at radius 1 is 1.20 bits per heavy atom. The lowest BCUT2D eigenvalue weighted by Crippen LogP contribution is -2.46. The number of carboxylic acids is 1. The Balaban J connectivity index is 2.12. The standard InChI is InChI=1S/C14H26N2O4/c1-14(20,9-12(17)18)10-16-13(19)15-8-7-11-5-3-2-4-6-11/h11,20H,2-10H2,1H3,(H,17,18)(H2,15,16,19). The van der Waals surface area contributed by atoms with Crippen LogP contribution in [0.1, 0.15) is 51.9 Å². The zero-order valence-electron chi connectivity index (χ0n) is 12.2. The zero-order valence-corrected chi connectivity index (χ0v) is 12.2. The van der Waals surface area contributed by atoms with Gasteiger partial charge in [0.25, 0.3) is 0 Å². The average Bonchev–Trinajstić information content (AvgIpc) is 2.36. The minimum atomic E-state index is -1.42. The number of carbonyl (C=O) groups is 2. The molecular formula is C14H26N2O4. The summed E-state index contributed by atoms with van der Waals surface area (Å²) in [5.74, 6) is -0.381. The van der Waals surface area contributed by atoms with Gasteiger partial charge in [0.1, 0.15) is 0 Å². The van der Waals surface area contributed by atoms with Crippen LogP contribution in [0, 0.1) is 5.92 Å². The first-order valence-electron chi connectivity index (χ1n) is 7.35. The summed E-state index contributed by atoms with van der Waals surface area (Å²) < 4.78 is 0. The van der Waals surface area contributed by atoms with E-state index < -0.39 is 18.0 Å². The first-order chi connectivity index (χ1) is 9.39. The van der Waals surface area contributed by atoms with Crippen molar-refractivity contribution in [3.05, 3.63) is 0 Å². The molecule has 4 N–H and O–H groups in total. The third kappa shape index (κ3) is 7.33. The maximum atomic E-state index is 11.5. The molecule has 116 valence electrons. The highest BCUT2D eigenvalue weighted by atomic mass is 16.4. The molecule has 0 spiro atoms. The maximum Gasteiger partial charge on any atom is 0.314 e. The number of hydrogen-bond donors (Lipinski definition) is 4. The molecule has 0 radical (unpaired) electrons. The van der Waals surface area contributed by atoms with Gasteiger partial charge in [-0.2, -0.15) is 0 Å². The normalized spacial score (nSPS) is 19.1. The van der Waals surface area contributed by atoms with Gasteiger partial charge in [0.2, 0.25) is 0 Å². The Morgan fingerprint density at radius 3 is 2.45 bits per heavy atom. The van der Waals surface area contributed by atoms with Crippen LogP contribution in [0.3, 0.4) is 0 Å². The van der Waals surface area contributed by atoms with Crippen molar-refractivity contribution in [1.29, 1.82) is 0 Å². The van der Waals surface area contributed by atoms with Gasteiger partial charge < -0.3 is 20.8 Å². The number of nitrogens with one attached hydrogen (secondary N) is 2. The molecule has 0 saturated heterocycles. The molecule has 1 rings (SSSR count). The smallest absolute Gasteiger partial charge is 0.314 e. The van der Waals surface area contributed by atoms with Crippen LogP contribution in [0.5, 0.6) is 0 Å². The lowest BCUT2D eigenvalue weighted by atomic mass is 9.87. The molecule has 0 aromatic heterocycles. The summed E-state index contributed by atoms with van der Waals surface area (Å²) in [5.41, 5.74) is -1.42. The van der Waals surface area contributed by atoms with Crippen LogP contribution in [0.25, 0.3) is 0 Å². The molecule has 20 heavy (non-hydrogen) atoms. The molecule has 0 heterocycles. The van der Waals surface area contributed by atoms with Crippen molar-refractivity contribution in [3.63, 3.8) is 0 Å². The molecule has 1 aliphatic carbocycles. The van der Waals surface area contributed by atoms with Crippen molar-refractivity contribution in [2.24, 2.45) is 5.92 Å². The summed E-state index contributed by atoms with van der Waals surface area (Å²) in [7, 11) is 0. The van der Waals surface area contributed by atoms with E-state index in [0.717, 1.165) is 6.42 Å². The van der Waals surface area contributed by atoms with Crippen molar-refractivity contribution >= 4 is 12.0 Å². The van der Waals surface area contributed by atoms with E-state index in [-0.39, 0.29) is 12.6 Å². The van der Waals surface area contributed by atoms with Crippen molar-refractivity contribution < 1.29 is 19.8 Å². The molecule has 1 saturated carbocycles. The number of hydrogen-bond acceptors (Lipinski definition) is 3. The number of rotatable bonds is 7. The van der Waals surface area contributed by atoms with Gasteiger partial charge in [-0.05, 0) is 19.3 Å². The van der Waals surface area contributed by atoms with Gasteiger partial charge in [-0.1, -0.05) is 32.1 Å². The van der Waals surface area contributed by atoms with E-state index >= 15 is 0 Å². The third-order valence-corrected chi connectivity index (χ3v) is 3.72. The van der Waals surface area contributed by atoms with Gasteiger partial charge in [0.15, 0.2) is 0 Å². The van der Waals surface area contributed by atoms with Crippen LogP contribution in [0.15, 0.2) is 0 Å². The molecule has 1 atom stereocenters. The van der Waals surface area contributed by atoms with Crippen LogP contribution < -0.4 is 10.6 Å². The van der Waals surface area contributed by atoms with Crippen molar-refractivity contribution in [2.75, 3.05) is 13.1 Å². The van der Waals surface area contributed by atoms with Crippen LogP contribution >= 0.6 is 0 Å². The number of aliphatic hydroxyl groups is 1. The molecule has 2 amide bonds. The Hall–Kier alpha value is -1.30. The number of carbonyl (C=O) groups excluding carboxylic acids is 1. The summed E-state index contributed by atoms with van der Waals surface area (Å²) >= 11 is 0. The van der Waals surface area contributed by atoms with E-state index in [4.69, 9.17) is 5.11 Å². The van der Waals surface area contributed by atoms with Gasteiger partial charge in [0, 0.05) is 13.1 Å². The highest BCUT2D eigenvalue weighted by molar-refractivity contribution is 5.74. The number of carboxylic acid groups (broad SMARTS) is 1. The third-order valence-electron chi connectivity index (χ3n) is 3.72. The lowest BCUT2D eigenvalue weighted by Gasteiger charge is -2.23. The van der Waals surface area contributed by atoms with Crippen LogP contribution in [0.4, 0.5) is 4.79 Å². The molecular weight excluding hydrogens is 260 g/mol. The Labute approximate surface area is 119 Å². The molecule has 0 aromatic carbocycles. The highest BCUT2D eigenvalue weighted by Gasteiger charge is 2.24. The summed E-state index contributed by atoms with van der Waals surface area (Å²) in [6.07, 6.45) is 6.98. The number of urea groups is 1. The number of amides is 2. The molecule has 1 aliphatic rings. The molecule has 0 aromatic rings. The quantitative estimate of drug-likeness (QED) is 0.569. The second kappa shape index (κ2) is 8.09. The van der Waals surface area contributed by atoms with Crippen molar-refractivity contribution in [3.8, 4) is 0 Å². The SMILES string of the molecule is CC(O)(CNC(=O)NCCC1CCCCC1)CC(=O)O. The molecule has 1 fully saturated rings. The first-order valence-corrected chi connectivity index (χ1v) is 7.35. The summed E-state index contributed by atoms with van der Waals surface area (Å²) in [6.45, 7) is 1.94. The van der Waals surface area contributed by atoms with E-state index in [1.165, 1.54) is 39.0 Å². The van der Waals surface area contributed by atoms with Crippen LogP contribution in [-0.4, -0.2) is 40.9 Å². The fourth-order valence-electron chi connectivity index (χ4n) is 2.59. The predicted molar refractivity (Wildman–Crippen MR) is 75.5 cm³/mol. The van der Waals surface area contributed by atoms with Gasteiger partial charge in [0.05, 0.1) is 12.0 Å². The second-order valence-electron chi connectivity index (χ2n) is 5.97. The second-order valence-corrected chi connectivity index (χ2v) is 5.97. The minimum Gasteiger partial charge on any atom is -0.481 e. The minimum absolute atomic E-state index is 0.0748. The summed E-state index contributed by atoms with van der Waals surface area (Å²) in [6, 6.07) is -0.355. The van der Waals surface area contributed by atoms with Crippen molar-refractivity contribution in [2.45, 2.75) is 57.5 Å². The lowest BCUT2D eigenvalue weighted by molar-refractivity contribution is -0.141. The van der Waals surface area contributed by atoms with Crippen LogP contribution in [0.2, 0.25) is 0 Å². The van der Waals surface area contributed by atoms with Gasteiger partial charge in [-0.3, -0.25) is 4.79 Å². The van der Waals surface area contributed by atoms with Gasteiger partial charge >= 0.3 is 12.0 Å². The fourth-order valence-corrected chi connectivity index (χ4v) is 2.59. The van der Waals surface area contributed by atoms with E-state index in [1.54, 1.807) is 0 Å². The molecule has 6 heteroatoms. The number of aliphatic carboxylic acids is 1. The van der Waals surface area contributed by atoms with E-state index in [9.17, 15) is 14.7 Å². The van der Waals surface area contributed by atoms with Gasteiger partial charge in [-0.25, -0.2) is 4.79 Å². The first kappa shape index (κ1) is 16.8. The maximum absolute atomic E-state index is 11.5. The molecule has 1 unspecified atom stereocenters. The van der Waals surface area contributed by atoms with Crippen LogP contribution in [-0.2, 0) is 4.79 Å². The molecule has 6 nitrogen and oxygen atoms in total. The monoisotopic (exact) mass is 286 g/mol. The van der Waals surface area contributed by atoms with E-state index in [1.807, 2.05) is 0 Å². The highest BCUT2D eigenvalue weighted by Crippen LogP contribution is 2.25. The zero-order chi connectivity index (χ0) is 15.0. The Bertz CT molecular complexity index is 325. The molecule has 0 bridgehead atoms. The van der Waals surface area contributed by atoms with Crippen molar-refractivity contribution in [1.82, 2.24) is 10.6 Å². The summed E-state index contributed by atoms with van der Waals surface area (Å²) in [4.78, 5) is 22.1.